The van der Waals surface area contributed by atoms with Crippen LogP contribution in [0, 0.1) is 0 Å². The fourth-order valence-corrected chi connectivity index (χ4v) is 3.11. The number of rotatable bonds is 6. The van der Waals surface area contributed by atoms with Crippen molar-refractivity contribution < 1.29 is 4.79 Å². The Morgan fingerprint density at radius 1 is 1.32 bits per heavy atom. The minimum Gasteiger partial charge on any atom is -0.350 e. The molecule has 1 amide bonds. The quantitative estimate of drug-likeness (QED) is 0.848. The van der Waals surface area contributed by atoms with Crippen molar-refractivity contribution in [2.75, 3.05) is 31.6 Å². The molecule has 1 N–H and O–H groups in total. The summed E-state index contributed by atoms with van der Waals surface area (Å²) in [5, 5.41) is 3.14. The molecule has 3 rings (SSSR count). The number of aromatic nitrogens is 3. The Morgan fingerprint density at radius 2 is 2.16 bits per heavy atom. The van der Waals surface area contributed by atoms with Crippen LogP contribution in [0.25, 0.3) is 0 Å². The monoisotopic (exact) mass is 340 g/mol. The van der Waals surface area contributed by atoms with Gasteiger partial charge >= 0.3 is 0 Å². The van der Waals surface area contributed by atoms with E-state index in [1.165, 1.54) is 0 Å². The van der Waals surface area contributed by atoms with Gasteiger partial charge in [-0.25, -0.2) is 9.97 Å². The average Bonchev–Trinajstić information content (AvgIpc) is 2.63. The first-order valence-corrected chi connectivity index (χ1v) is 8.59. The van der Waals surface area contributed by atoms with Gasteiger partial charge in [-0.3, -0.25) is 14.7 Å². The summed E-state index contributed by atoms with van der Waals surface area (Å²) in [5.74, 6) is 0.780. The first-order chi connectivity index (χ1) is 12.2. The highest BCUT2D eigenvalue weighted by atomic mass is 16.2. The smallest absolute Gasteiger partial charge is 0.234 e. The maximum atomic E-state index is 12.3. The van der Waals surface area contributed by atoms with Gasteiger partial charge in [0.1, 0.15) is 0 Å². The summed E-state index contributed by atoms with van der Waals surface area (Å²) < 4.78 is 0. The molecule has 7 nitrogen and oxygen atoms in total. The Bertz CT molecular complexity index is 666. The molecule has 2 aromatic rings. The first kappa shape index (κ1) is 17.3. The van der Waals surface area contributed by atoms with E-state index in [0.717, 1.165) is 37.4 Å². The predicted octanol–water partition coefficient (Wildman–Crippen LogP) is 1.09. The molecule has 0 aliphatic carbocycles. The van der Waals surface area contributed by atoms with Crippen molar-refractivity contribution in [3.05, 3.63) is 48.5 Å². The van der Waals surface area contributed by atoms with Crippen LogP contribution in [0.15, 0.2) is 43.0 Å². The van der Waals surface area contributed by atoms with Gasteiger partial charge in [0.2, 0.25) is 11.9 Å². The molecule has 132 valence electrons. The predicted molar refractivity (Wildman–Crippen MR) is 96.0 cm³/mol. The van der Waals surface area contributed by atoms with Gasteiger partial charge in [-0.15, -0.1) is 0 Å². The van der Waals surface area contributed by atoms with Gasteiger partial charge in [0.05, 0.1) is 6.54 Å². The molecular formula is C18H24N6O. The third-order valence-electron chi connectivity index (χ3n) is 4.21. The van der Waals surface area contributed by atoms with E-state index < -0.39 is 0 Å². The minimum absolute atomic E-state index is 0.0484. The Hall–Kier alpha value is -2.54. The normalized spacial score (nSPS) is 17.5. The molecule has 1 fully saturated rings. The number of carbonyl (C=O) groups excluding carboxylic acids is 1. The number of pyridine rings is 1. The third-order valence-corrected chi connectivity index (χ3v) is 4.21. The molecule has 1 unspecified atom stereocenters. The fourth-order valence-electron chi connectivity index (χ4n) is 3.11. The second-order valence-electron chi connectivity index (χ2n) is 6.44. The number of nitrogens with one attached hydrogen (secondary N) is 1. The number of amides is 1. The molecule has 0 radical (unpaired) electrons. The van der Waals surface area contributed by atoms with E-state index >= 15 is 0 Å². The number of carbonyl (C=O) groups is 1. The number of nitrogens with zero attached hydrogens (tertiary/aromatic N) is 5. The van der Waals surface area contributed by atoms with Gasteiger partial charge in [0.25, 0.3) is 0 Å². The molecular weight excluding hydrogens is 316 g/mol. The molecule has 7 heteroatoms. The van der Waals surface area contributed by atoms with E-state index in [9.17, 15) is 4.79 Å². The van der Waals surface area contributed by atoms with Crippen LogP contribution in [0.4, 0.5) is 5.95 Å². The highest BCUT2D eigenvalue weighted by Crippen LogP contribution is 2.15. The van der Waals surface area contributed by atoms with Gasteiger partial charge in [-0.05, 0) is 37.6 Å². The largest absolute Gasteiger partial charge is 0.350 e. The molecule has 0 bridgehead atoms. The maximum absolute atomic E-state index is 12.3. The van der Waals surface area contributed by atoms with E-state index in [1.54, 1.807) is 18.6 Å². The summed E-state index contributed by atoms with van der Waals surface area (Å²) >= 11 is 0. The second kappa shape index (κ2) is 8.53. The molecule has 1 aliphatic rings. The Labute approximate surface area is 148 Å². The van der Waals surface area contributed by atoms with Crippen molar-refractivity contribution >= 4 is 11.9 Å². The number of hydrogen-bond donors (Lipinski definition) is 1. The van der Waals surface area contributed by atoms with Gasteiger partial charge in [0, 0.05) is 50.5 Å². The first-order valence-electron chi connectivity index (χ1n) is 8.59. The summed E-state index contributed by atoms with van der Waals surface area (Å²) in [5.41, 5.74) is 1.10. The Kier molecular flexibility index (Phi) is 5.90. The van der Waals surface area contributed by atoms with Crippen molar-refractivity contribution in [2.45, 2.75) is 25.4 Å². The fraction of sp³-hybridized carbons (Fsp3) is 0.444. The molecule has 1 atom stereocenters. The van der Waals surface area contributed by atoms with Crippen LogP contribution in [0.2, 0.25) is 0 Å². The highest BCUT2D eigenvalue weighted by molar-refractivity contribution is 5.78. The molecule has 1 aliphatic heterocycles. The van der Waals surface area contributed by atoms with Crippen molar-refractivity contribution in [3.63, 3.8) is 0 Å². The van der Waals surface area contributed by atoms with E-state index in [4.69, 9.17) is 0 Å². The van der Waals surface area contributed by atoms with E-state index in [0.29, 0.717) is 13.1 Å². The summed E-state index contributed by atoms with van der Waals surface area (Å²) in [7, 11) is 1.94. The summed E-state index contributed by atoms with van der Waals surface area (Å²) in [6.07, 6.45) is 9.08. The van der Waals surface area contributed by atoms with Crippen LogP contribution < -0.4 is 10.2 Å². The lowest BCUT2D eigenvalue weighted by Gasteiger charge is -2.33. The van der Waals surface area contributed by atoms with Crippen molar-refractivity contribution in [3.8, 4) is 0 Å². The SMILES string of the molecule is CN(CC(=O)NC1CCCN(c2ncccn2)C1)Cc1cccnc1. The maximum Gasteiger partial charge on any atom is 0.234 e. The number of hydrogen-bond acceptors (Lipinski definition) is 6. The zero-order valence-corrected chi connectivity index (χ0v) is 14.5. The van der Waals surface area contributed by atoms with Crippen LogP contribution >= 0.6 is 0 Å². The van der Waals surface area contributed by atoms with Gasteiger partial charge in [0.15, 0.2) is 0 Å². The minimum atomic E-state index is 0.0484. The molecule has 0 aromatic carbocycles. The zero-order valence-electron chi connectivity index (χ0n) is 14.5. The van der Waals surface area contributed by atoms with Crippen LogP contribution in [-0.4, -0.2) is 58.5 Å². The molecule has 3 heterocycles. The topological polar surface area (TPSA) is 74.2 Å². The highest BCUT2D eigenvalue weighted by Gasteiger charge is 2.23. The molecule has 0 spiro atoms. The second-order valence-corrected chi connectivity index (χ2v) is 6.44. The number of anilines is 1. The summed E-state index contributed by atoms with van der Waals surface area (Å²) in [4.78, 5) is 29.2. The van der Waals surface area contributed by atoms with Gasteiger partial charge in [-0.1, -0.05) is 6.07 Å². The molecule has 2 aromatic heterocycles. The number of likely N-dealkylation sites (N-methyl/N-ethyl adjacent to an activating group) is 1. The lowest BCUT2D eigenvalue weighted by molar-refractivity contribution is -0.122. The lowest BCUT2D eigenvalue weighted by atomic mass is 10.1. The van der Waals surface area contributed by atoms with Crippen molar-refractivity contribution in [1.29, 1.82) is 0 Å². The van der Waals surface area contributed by atoms with Crippen molar-refractivity contribution in [2.24, 2.45) is 0 Å². The van der Waals surface area contributed by atoms with Crippen LogP contribution in [-0.2, 0) is 11.3 Å². The van der Waals surface area contributed by atoms with Gasteiger partial charge in [-0.2, -0.15) is 0 Å². The van der Waals surface area contributed by atoms with Crippen LogP contribution in [0.5, 0.6) is 0 Å². The summed E-state index contributed by atoms with van der Waals surface area (Å²) in [6, 6.07) is 5.87. The number of piperidine rings is 1. The van der Waals surface area contributed by atoms with Gasteiger partial charge < -0.3 is 10.2 Å². The molecule has 25 heavy (non-hydrogen) atoms. The molecule has 0 saturated carbocycles. The lowest BCUT2D eigenvalue weighted by Crippen LogP contribution is -2.50. The third kappa shape index (κ3) is 5.22. The molecule has 1 saturated heterocycles. The van der Waals surface area contributed by atoms with E-state index in [2.05, 4.69) is 25.2 Å². The summed E-state index contributed by atoms with van der Waals surface area (Å²) in [6.45, 7) is 2.75. The zero-order chi connectivity index (χ0) is 17.5. The van der Waals surface area contributed by atoms with Crippen LogP contribution in [0.3, 0.4) is 0 Å². The Balaban J connectivity index is 1.47. The van der Waals surface area contributed by atoms with Crippen LogP contribution in [0.1, 0.15) is 18.4 Å². The van der Waals surface area contributed by atoms with E-state index in [-0.39, 0.29) is 11.9 Å². The Morgan fingerprint density at radius 3 is 2.92 bits per heavy atom. The van der Waals surface area contributed by atoms with Crippen molar-refractivity contribution in [1.82, 2.24) is 25.2 Å². The standard InChI is InChI=1S/C18H24N6O/c1-23(12-15-5-2-7-19-11-15)14-17(25)22-16-6-3-10-24(13-16)18-20-8-4-9-21-18/h2,4-5,7-9,11,16H,3,6,10,12-14H2,1H3,(H,22,25). The van der Waals surface area contributed by atoms with E-state index in [1.807, 2.05) is 36.3 Å². The average molecular weight is 340 g/mol.